The molecule has 0 spiro atoms. The molecule has 0 saturated heterocycles. The second kappa shape index (κ2) is 6.54. The maximum atomic E-state index is 13.7. The van der Waals surface area contributed by atoms with E-state index in [0.717, 1.165) is 12.1 Å². The highest BCUT2D eigenvalue weighted by atomic mass is 79.9. The lowest BCUT2D eigenvalue weighted by atomic mass is 10.1. The van der Waals surface area contributed by atoms with Crippen LogP contribution in [0, 0.1) is 11.6 Å². The molecule has 0 aliphatic rings. The molecule has 1 amide bonds. The lowest BCUT2D eigenvalue weighted by Gasteiger charge is -2.15. The molecule has 2 rings (SSSR count). The fourth-order valence-corrected chi connectivity index (χ4v) is 2.34. The second-order valence-corrected chi connectivity index (χ2v) is 5.75. The molecule has 0 aliphatic carbocycles. The van der Waals surface area contributed by atoms with E-state index in [0.29, 0.717) is 15.1 Å². The third-order valence-corrected chi connectivity index (χ3v) is 4.17. The van der Waals surface area contributed by atoms with E-state index in [4.69, 9.17) is 11.6 Å². The Morgan fingerprint density at radius 3 is 2.57 bits per heavy atom. The third kappa shape index (κ3) is 3.80. The molecule has 6 heteroatoms. The number of benzene rings is 2. The summed E-state index contributed by atoms with van der Waals surface area (Å²) < 4.78 is 27.1. The minimum Gasteiger partial charge on any atom is -0.345 e. The van der Waals surface area contributed by atoms with Gasteiger partial charge in [0.05, 0.1) is 11.1 Å². The molecule has 0 radical (unpaired) electrons. The Morgan fingerprint density at radius 1 is 1.24 bits per heavy atom. The zero-order chi connectivity index (χ0) is 15.6. The summed E-state index contributed by atoms with van der Waals surface area (Å²) in [7, 11) is 0. The highest BCUT2D eigenvalue weighted by Crippen LogP contribution is 2.24. The summed E-state index contributed by atoms with van der Waals surface area (Å²) >= 11 is 9.09. The average molecular weight is 375 g/mol. The summed E-state index contributed by atoms with van der Waals surface area (Å²) in [6.07, 6.45) is 0. The molecule has 1 atom stereocenters. The molecule has 2 aromatic carbocycles. The van der Waals surface area contributed by atoms with E-state index in [2.05, 4.69) is 21.2 Å². The molecular formula is C15H11BrClF2NO. The van der Waals surface area contributed by atoms with Crippen LogP contribution >= 0.6 is 27.5 Å². The molecule has 1 unspecified atom stereocenters. The number of hydrogen-bond donors (Lipinski definition) is 1. The third-order valence-electron chi connectivity index (χ3n) is 2.96. The van der Waals surface area contributed by atoms with Crippen molar-refractivity contribution in [2.45, 2.75) is 13.0 Å². The Balaban J connectivity index is 2.16. The van der Waals surface area contributed by atoms with Crippen molar-refractivity contribution in [3.8, 4) is 0 Å². The highest BCUT2D eigenvalue weighted by molar-refractivity contribution is 9.10. The van der Waals surface area contributed by atoms with Gasteiger partial charge in [0.25, 0.3) is 5.91 Å². The summed E-state index contributed by atoms with van der Waals surface area (Å²) in [6.45, 7) is 1.62. The molecule has 0 fully saturated rings. The maximum Gasteiger partial charge on any atom is 0.251 e. The van der Waals surface area contributed by atoms with Gasteiger partial charge in [-0.1, -0.05) is 17.7 Å². The largest absolute Gasteiger partial charge is 0.345 e. The number of nitrogens with one attached hydrogen (secondary N) is 1. The normalized spacial score (nSPS) is 12.0. The van der Waals surface area contributed by atoms with Crippen molar-refractivity contribution in [2.75, 3.05) is 0 Å². The summed E-state index contributed by atoms with van der Waals surface area (Å²) in [5.74, 6) is -1.72. The number of amides is 1. The van der Waals surface area contributed by atoms with E-state index in [1.54, 1.807) is 25.1 Å². The van der Waals surface area contributed by atoms with E-state index >= 15 is 0 Å². The van der Waals surface area contributed by atoms with Gasteiger partial charge in [-0.05, 0) is 47.1 Å². The fraction of sp³-hybridized carbons (Fsp3) is 0.133. The predicted molar refractivity (Wildman–Crippen MR) is 81.4 cm³/mol. The van der Waals surface area contributed by atoms with Gasteiger partial charge < -0.3 is 5.32 Å². The van der Waals surface area contributed by atoms with Crippen LogP contribution in [0.4, 0.5) is 8.78 Å². The molecule has 21 heavy (non-hydrogen) atoms. The van der Waals surface area contributed by atoms with E-state index in [1.165, 1.54) is 6.07 Å². The van der Waals surface area contributed by atoms with Crippen LogP contribution in [0.15, 0.2) is 40.9 Å². The SMILES string of the molecule is CC(NC(=O)c1ccc(Cl)c(Br)c1)c1ccc(F)cc1F. The number of carbonyl (C=O) groups is 1. The van der Waals surface area contributed by atoms with Gasteiger partial charge in [0.1, 0.15) is 11.6 Å². The summed E-state index contributed by atoms with van der Waals surface area (Å²) in [5.41, 5.74) is 0.610. The van der Waals surface area contributed by atoms with E-state index in [1.807, 2.05) is 0 Å². The van der Waals surface area contributed by atoms with Crippen LogP contribution in [-0.2, 0) is 0 Å². The number of rotatable bonds is 3. The summed E-state index contributed by atoms with van der Waals surface area (Å²) in [4.78, 5) is 12.1. The number of hydrogen-bond acceptors (Lipinski definition) is 1. The van der Waals surface area contributed by atoms with Gasteiger partial charge in [-0.15, -0.1) is 0 Å². The Bertz CT molecular complexity index is 693. The topological polar surface area (TPSA) is 29.1 Å². The Kier molecular flexibility index (Phi) is 4.96. The zero-order valence-electron chi connectivity index (χ0n) is 11.0. The first-order valence-electron chi connectivity index (χ1n) is 6.09. The standard InChI is InChI=1S/C15H11BrClF2NO/c1-8(11-4-3-10(18)7-14(11)19)20-15(21)9-2-5-13(17)12(16)6-9/h2-8H,1H3,(H,20,21). The second-order valence-electron chi connectivity index (χ2n) is 4.49. The quantitative estimate of drug-likeness (QED) is 0.816. The average Bonchev–Trinajstić information content (AvgIpc) is 2.41. The lowest BCUT2D eigenvalue weighted by Crippen LogP contribution is -2.27. The van der Waals surface area contributed by atoms with Crippen LogP contribution in [0.1, 0.15) is 28.9 Å². The first-order valence-corrected chi connectivity index (χ1v) is 7.26. The van der Waals surface area contributed by atoms with Crippen LogP contribution in [0.3, 0.4) is 0 Å². The number of halogens is 4. The molecular weight excluding hydrogens is 364 g/mol. The lowest BCUT2D eigenvalue weighted by molar-refractivity contribution is 0.0939. The molecule has 2 nitrogen and oxygen atoms in total. The molecule has 2 aromatic rings. The van der Waals surface area contributed by atoms with E-state index in [9.17, 15) is 13.6 Å². The zero-order valence-corrected chi connectivity index (χ0v) is 13.3. The summed E-state index contributed by atoms with van der Waals surface area (Å²) in [5, 5.41) is 3.14. The van der Waals surface area contributed by atoms with Crippen molar-refractivity contribution < 1.29 is 13.6 Å². The van der Waals surface area contributed by atoms with Crippen LogP contribution < -0.4 is 5.32 Å². The van der Waals surface area contributed by atoms with Crippen LogP contribution in [0.25, 0.3) is 0 Å². The van der Waals surface area contributed by atoms with Crippen LogP contribution in [0.5, 0.6) is 0 Å². The predicted octanol–water partition coefficient (Wildman–Crippen LogP) is 4.87. The van der Waals surface area contributed by atoms with Crippen LogP contribution in [-0.4, -0.2) is 5.91 Å². The molecule has 0 bridgehead atoms. The van der Waals surface area contributed by atoms with Gasteiger partial charge in [0.15, 0.2) is 0 Å². The molecule has 0 aliphatic heterocycles. The van der Waals surface area contributed by atoms with Gasteiger partial charge in [0, 0.05) is 21.7 Å². The first-order chi connectivity index (χ1) is 9.88. The van der Waals surface area contributed by atoms with Gasteiger partial charge in [0.2, 0.25) is 0 Å². The van der Waals surface area contributed by atoms with Crippen molar-refractivity contribution in [3.63, 3.8) is 0 Å². The minimum absolute atomic E-state index is 0.220. The molecule has 0 saturated carbocycles. The van der Waals surface area contributed by atoms with Crippen molar-refractivity contribution in [2.24, 2.45) is 0 Å². The maximum absolute atomic E-state index is 13.7. The van der Waals surface area contributed by atoms with Gasteiger partial charge >= 0.3 is 0 Å². The first kappa shape index (κ1) is 15.9. The minimum atomic E-state index is -0.694. The van der Waals surface area contributed by atoms with Crippen molar-refractivity contribution in [1.29, 1.82) is 0 Å². The van der Waals surface area contributed by atoms with Crippen molar-refractivity contribution in [3.05, 3.63) is 68.7 Å². The van der Waals surface area contributed by atoms with E-state index < -0.39 is 17.7 Å². The monoisotopic (exact) mass is 373 g/mol. The van der Waals surface area contributed by atoms with Crippen molar-refractivity contribution in [1.82, 2.24) is 5.32 Å². The molecule has 0 heterocycles. The molecule has 110 valence electrons. The Morgan fingerprint density at radius 2 is 1.95 bits per heavy atom. The van der Waals surface area contributed by atoms with Gasteiger partial charge in [-0.2, -0.15) is 0 Å². The molecule has 1 N–H and O–H groups in total. The summed E-state index contributed by atoms with van der Waals surface area (Å²) in [6, 6.07) is 7.39. The number of carbonyl (C=O) groups excluding carboxylic acids is 1. The smallest absolute Gasteiger partial charge is 0.251 e. The van der Waals surface area contributed by atoms with Crippen molar-refractivity contribution >= 4 is 33.4 Å². The Labute approximate surface area is 134 Å². The van der Waals surface area contributed by atoms with Crippen LogP contribution in [0.2, 0.25) is 5.02 Å². The fourth-order valence-electron chi connectivity index (χ4n) is 1.85. The highest BCUT2D eigenvalue weighted by Gasteiger charge is 2.16. The van der Waals surface area contributed by atoms with Gasteiger partial charge in [-0.25, -0.2) is 8.78 Å². The Hall–Kier alpha value is -1.46. The van der Waals surface area contributed by atoms with Gasteiger partial charge in [-0.3, -0.25) is 4.79 Å². The molecule has 0 aromatic heterocycles. The van der Waals surface area contributed by atoms with E-state index in [-0.39, 0.29) is 11.5 Å².